The second-order valence-electron chi connectivity index (χ2n) is 23.4. The second kappa shape index (κ2) is 67.6. The van der Waals surface area contributed by atoms with Crippen molar-refractivity contribution in [2.75, 3.05) is 13.2 Å². The number of rotatable bonds is 64. The van der Waals surface area contributed by atoms with Gasteiger partial charge in [-0.05, 0) is 77.0 Å². The molecule has 0 aliphatic heterocycles. The van der Waals surface area contributed by atoms with E-state index in [-0.39, 0.29) is 31.1 Å². The minimum absolute atomic E-state index is 0.0716. The van der Waals surface area contributed by atoms with Crippen molar-refractivity contribution in [2.45, 2.75) is 374 Å². The van der Waals surface area contributed by atoms with Gasteiger partial charge in [0.15, 0.2) is 6.10 Å². The number of hydrogen-bond donors (Lipinski definition) is 0. The Morgan fingerprint density at radius 2 is 0.506 bits per heavy atom. The molecule has 1 atom stereocenters. The summed E-state index contributed by atoms with van der Waals surface area (Å²) in [5.74, 6) is -0.858. The first kappa shape index (κ1) is 76.1. The fourth-order valence-electron chi connectivity index (χ4n) is 10.3. The van der Waals surface area contributed by atoms with Crippen LogP contribution >= 0.6 is 0 Å². The minimum atomic E-state index is -0.775. The van der Waals surface area contributed by atoms with Gasteiger partial charge >= 0.3 is 17.9 Å². The first-order chi connectivity index (χ1) is 39.0. The molecule has 0 aliphatic rings. The van der Waals surface area contributed by atoms with Crippen molar-refractivity contribution in [1.29, 1.82) is 0 Å². The van der Waals surface area contributed by atoms with Gasteiger partial charge in [0.25, 0.3) is 0 Å². The summed E-state index contributed by atoms with van der Waals surface area (Å²) in [6.45, 7) is 6.54. The molecular formula is C73H132O6. The van der Waals surface area contributed by atoms with Gasteiger partial charge in [0.05, 0.1) is 0 Å². The van der Waals surface area contributed by atoms with E-state index in [0.29, 0.717) is 19.3 Å². The topological polar surface area (TPSA) is 78.9 Å². The molecule has 79 heavy (non-hydrogen) atoms. The van der Waals surface area contributed by atoms with E-state index in [2.05, 4.69) is 81.5 Å². The maximum absolute atomic E-state index is 12.9. The lowest BCUT2D eigenvalue weighted by molar-refractivity contribution is -0.167. The number of carbonyl (C=O) groups excluding carboxylic acids is 3. The van der Waals surface area contributed by atoms with Gasteiger partial charge in [-0.25, -0.2) is 0 Å². The molecule has 1 unspecified atom stereocenters. The predicted octanol–water partition coefficient (Wildman–Crippen LogP) is 23.9. The Morgan fingerprint density at radius 1 is 0.266 bits per heavy atom. The first-order valence-electron chi connectivity index (χ1n) is 34.8. The quantitative estimate of drug-likeness (QED) is 0.0261. The van der Waals surface area contributed by atoms with Gasteiger partial charge in [0.1, 0.15) is 13.2 Å². The molecule has 0 saturated carbocycles. The van der Waals surface area contributed by atoms with Gasteiger partial charge in [0.2, 0.25) is 0 Å². The van der Waals surface area contributed by atoms with E-state index in [1.165, 1.54) is 238 Å². The SMILES string of the molecule is CC/C=C\C/C=C\C/C=C\C/C=C\CCCCCCCCCCCCCCCCCCC(=O)OCC(COC(=O)CCCCCCC/C=C\CCCC)OC(=O)CCCCCCCCCCCCCCCCCCCCCCC. The highest BCUT2D eigenvalue weighted by atomic mass is 16.6. The van der Waals surface area contributed by atoms with Crippen LogP contribution in [0.25, 0.3) is 0 Å². The third kappa shape index (κ3) is 65.8. The molecule has 0 N–H and O–H groups in total. The van der Waals surface area contributed by atoms with E-state index in [1.807, 2.05) is 0 Å². The number of unbranched alkanes of at least 4 members (excludes halogenated alkanes) is 43. The van der Waals surface area contributed by atoms with Gasteiger partial charge in [-0.15, -0.1) is 0 Å². The summed E-state index contributed by atoms with van der Waals surface area (Å²) >= 11 is 0. The molecule has 0 amide bonds. The van der Waals surface area contributed by atoms with E-state index in [4.69, 9.17) is 14.2 Å². The van der Waals surface area contributed by atoms with Crippen molar-refractivity contribution < 1.29 is 28.6 Å². The Labute approximate surface area is 491 Å². The van der Waals surface area contributed by atoms with Crippen LogP contribution in [-0.4, -0.2) is 37.2 Å². The zero-order chi connectivity index (χ0) is 57.1. The van der Waals surface area contributed by atoms with E-state index in [1.54, 1.807) is 0 Å². The zero-order valence-electron chi connectivity index (χ0n) is 52.9. The molecular weight excluding hydrogens is 973 g/mol. The Morgan fingerprint density at radius 3 is 0.823 bits per heavy atom. The van der Waals surface area contributed by atoms with Crippen molar-refractivity contribution in [3.05, 3.63) is 60.8 Å². The molecule has 0 radical (unpaired) electrons. The summed E-state index contributed by atoms with van der Waals surface area (Å²) in [6, 6.07) is 0. The summed E-state index contributed by atoms with van der Waals surface area (Å²) in [4.78, 5) is 38.3. The highest BCUT2D eigenvalue weighted by molar-refractivity contribution is 5.71. The van der Waals surface area contributed by atoms with Crippen molar-refractivity contribution in [3.8, 4) is 0 Å². The molecule has 0 spiro atoms. The highest BCUT2D eigenvalue weighted by Crippen LogP contribution is 2.18. The van der Waals surface area contributed by atoms with Crippen molar-refractivity contribution in [3.63, 3.8) is 0 Å². The summed E-state index contributed by atoms with van der Waals surface area (Å²) in [6.07, 6.45) is 86.9. The Bertz CT molecular complexity index is 1410. The van der Waals surface area contributed by atoms with E-state index in [0.717, 1.165) is 89.9 Å². The van der Waals surface area contributed by atoms with Crippen molar-refractivity contribution >= 4 is 17.9 Å². The maximum Gasteiger partial charge on any atom is 0.306 e. The summed E-state index contributed by atoms with van der Waals surface area (Å²) < 4.78 is 17.0. The minimum Gasteiger partial charge on any atom is -0.462 e. The van der Waals surface area contributed by atoms with Crippen LogP contribution in [0.3, 0.4) is 0 Å². The third-order valence-electron chi connectivity index (χ3n) is 15.5. The molecule has 6 heteroatoms. The van der Waals surface area contributed by atoms with E-state index in [9.17, 15) is 14.4 Å². The molecule has 0 saturated heterocycles. The molecule has 6 nitrogen and oxygen atoms in total. The van der Waals surface area contributed by atoms with Gasteiger partial charge in [0, 0.05) is 19.3 Å². The van der Waals surface area contributed by atoms with Crippen molar-refractivity contribution in [2.24, 2.45) is 0 Å². The number of hydrogen-bond acceptors (Lipinski definition) is 6. The Balaban J connectivity index is 4.16. The lowest BCUT2D eigenvalue weighted by Crippen LogP contribution is -2.30. The summed E-state index contributed by atoms with van der Waals surface area (Å²) in [5, 5.41) is 0. The van der Waals surface area contributed by atoms with Crippen LogP contribution in [0.15, 0.2) is 60.8 Å². The number of carbonyl (C=O) groups is 3. The average molecular weight is 1110 g/mol. The molecule has 460 valence electrons. The summed E-state index contributed by atoms with van der Waals surface area (Å²) in [7, 11) is 0. The number of esters is 3. The predicted molar refractivity (Wildman–Crippen MR) is 344 cm³/mol. The lowest BCUT2D eigenvalue weighted by Gasteiger charge is -2.18. The number of ether oxygens (including phenoxy) is 3. The molecule has 0 rings (SSSR count). The van der Waals surface area contributed by atoms with Crippen LogP contribution < -0.4 is 0 Å². The van der Waals surface area contributed by atoms with Gasteiger partial charge < -0.3 is 14.2 Å². The monoisotopic (exact) mass is 1110 g/mol. The largest absolute Gasteiger partial charge is 0.462 e. The zero-order valence-corrected chi connectivity index (χ0v) is 52.9. The number of allylic oxidation sites excluding steroid dienone is 10. The van der Waals surface area contributed by atoms with E-state index < -0.39 is 6.10 Å². The molecule has 0 aromatic carbocycles. The normalized spacial score (nSPS) is 12.4. The van der Waals surface area contributed by atoms with Crippen LogP contribution in [0.4, 0.5) is 0 Å². The molecule has 0 bridgehead atoms. The maximum atomic E-state index is 12.9. The van der Waals surface area contributed by atoms with Gasteiger partial charge in [-0.3, -0.25) is 14.4 Å². The van der Waals surface area contributed by atoms with Crippen LogP contribution in [0.1, 0.15) is 367 Å². The third-order valence-corrected chi connectivity index (χ3v) is 15.5. The van der Waals surface area contributed by atoms with Gasteiger partial charge in [-0.1, -0.05) is 332 Å². The molecule has 0 aromatic rings. The fourth-order valence-corrected chi connectivity index (χ4v) is 10.3. The van der Waals surface area contributed by atoms with Gasteiger partial charge in [-0.2, -0.15) is 0 Å². The lowest BCUT2D eigenvalue weighted by atomic mass is 10.0. The van der Waals surface area contributed by atoms with Crippen LogP contribution in [-0.2, 0) is 28.6 Å². The van der Waals surface area contributed by atoms with Crippen LogP contribution in [0, 0.1) is 0 Å². The van der Waals surface area contributed by atoms with E-state index >= 15 is 0 Å². The summed E-state index contributed by atoms with van der Waals surface area (Å²) in [5.41, 5.74) is 0. The second-order valence-corrected chi connectivity index (χ2v) is 23.4. The smallest absolute Gasteiger partial charge is 0.306 e. The molecule has 0 fully saturated rings. The van der Waals surface area contributed by atoms with Crippen molar-refractivity contribution in [1.82, 2.24) is 0 Å². The highest BCUT2D eigenvalue weighted by Gasteiger charge is 2.19. The molecule has 0 aliphatic carbocycles. The average Bonchev–Trinajstić information content (AvgIpc) is 3.45. The van der Waals surface area contributed by atoms with Crippen LogP contribution in [0.2, 0.25) is 0 Å². The van der Waals surface area contributed by atoms with Crippen LogP contribution in [0.5, 0.6) is 0 Å². The Hall–Kier alpha value is -2.89. The first-order valence-corrected chi connectivity index (χ1v) is 34.8. The molecule has 0 heterocycles. The Kier molecular flexibility index (Phi) is 65.1. The molecule has 0 aromatic heterocycles. The standard InChI is InChI=1S/C73H132O6/c1-4-7-10-13-16-19-22-24-26-28-30-32-33-34-35-36-37-38-39-41-42-44-46-48-51-54-57-60-63-66-72(75)78-69-70(68-77-71(74)65-62-59-56-53-50-21-18-15-12-9-6-3)79-73(76)67-64-61-58-55-52-49-47-45-43-40-31-29-27-25-23-20-17-14-11-8-5-2/h7,10,15-16,18-19,24,26,30,32,70H,4-6,8-9,11-14,17,20-23,25,27-29,31,33-69H2,1-3H3/b10-7-,18-15-,19-16-,26-24-,32-30-. The fraction of sp³-hybridized carbons (Fsp3) is 0.822.